The van der Waals surface area contributed by atoms with Crippen molar-refractivity contribution in [2.45, 2.75) is 19.9 Å². The molecule has 0 radical (unpaired) electrons. The Morgan fingerprint density at radius 1 is 1.42 bits per heavy atom. The summed E-state index contributed by atoms with van der Waals surface area (Å²) in [4.78, 5) is 11.3. The molecule has 1 fully saturated rings. The Hall–Kier alpha value is -0.840. The number of phenolic OH excluding ortho intramolecular Hbond substituents is 1. The number of ether oxygens (including phenoxy) is 1. The molecule has 0 spiro atoms. The third-order valence-electron chi connectivity index (χ3n) is 2.98. The molecule has 106 valence electrons. The predicted octanol–water partition coefficient (Wildman–Crippen LogP) is 3.93. The summed E-state index contributed by atoms with van der Waals surface area (Å²) in [6.07, 6.45) is -0.523. The van der Waals surface area contributed by atoms with Crippen molar-refractivity contribution in [3.63, 3.8) is 0 Å². The fraction of sp³-hybridized carbons (Fsp3) is 0.417. The number of halogens is 3. The predicted molar refractivity (Wildman–Crippen MR) is 76.4 cm³/mol. The first-order chi connectivity index (χ1) is 8.31. The van der Waals surface area contributed by atoms with Gasteiger partial charge in [-0.25, -0.2) is 4.79 Å². The highest BCUT2D eigenvalue weighted by atomic mass is 35.5. The van der Waals surface area contributed by atoms with Crippen LogP contribution in [0.3, 0.4) is 0 Å². The maximum absolute atomic E-state index is 11.3. The summed E-state index contributed by atoms with van der Waals surface area (Å²) in [5.74, 6) is -0.0345. The zero-order chi connectivity index (χ0) is 13.5. The summed E-state index contributed by atoms with van der Waals surface area (Å²) >= 11 is 11.9. The van der Waals surface area contributed by atoms with Crippen LogP contribution in [0.1, 0.15) is 25.5 Å². The number of aromatic hydroxyl groups is 1. The number of phenols is 1. The van der Waals surface area contributed by atoms with Crippen molar-refractivity contribution in [1.29, 1.82) is 0 Å². The van der Waals surface area contributed by atoms with E-state index in [2.05, 4.69) is 5.32 Å². The van der Waals surface area contributed by atoms with E-state index in [1.165, 1.54) is 12.1 Å². The van der Waals surface area contributed by atoms with Gasteiger partial charge >= 0.3 is 6.09 Å². The summed E-state index contributed by atoms with van der Waals surface area (Å²) in [7, 11) is 0. The molecule has 4 nitrogen and oxygen atoms in total. The molecule has 0 unspecified atom stereocenters. The van der Waals surface area contributed by atoms with E-state index in [9.17, 15) is 9.90 Å². The second-order valence-corrected chi connectivity index (χ2v) is 5.81. The lowest BCUT2D eigenvalue weighted by molar-refractivity contribution is 0.0381. The van der Waals surface area contributed by atoms with E-state index < -0.39 is 12.1 Å². The Balaban J connectivity index is 0.00000180. The van der Waals surface area contributed by atoms with Gasteiger partial charge in [0.2, 0.25) is 0 Å². The number of alkyl carbamates (subject to hydrolysis) is 1. The Kier molecular flexibility index (Phi) is 4.82. The third-order valence-corrected chi connectivity index (χ3v) is 3.51. The van der Waals surface area contributed by atoms with Gasteiger partial charge in [-0.05, 0) is 12.1 Å². The highest BCUT2D eigenvalue weighted by molar-refractivity contribution is 6.35. The maximum atomic E-state index is 11.3. The molecular formula is C12H14Cl3NO3. The molecule has 2 rings (SSSR count). The third kappa shape index (κ3) is 3.19. The van der Waals surface area contributed by atoms with Crippen LogP contribution in [0.15, 0.2) is 12.1 Å². The molecular weight excluding hydrogens is 312 g/mol. The lowest BCUT2D eigenvalue weighted by Crippen LogP contribution is -2.47. The molecule has 0 saturated carbocycles. The van der Waals surface area contributed by atoms with E-state index in [1.54, 1.807) is 0 Å². The standard InChI is InChI=1S/C12H13Cl2NO3.ClH/c1-12(2)5-18-11(17)15-10(12)9-7(14)3-6(13)4-8(9)16;/h3-4,10,16H,5H2,1-2H3,(H,15,17);1H/t10-;/m0./s1. The van der Waals surface area contributed by atoms with Crippen LogP contribution in [0.25, 0.3) is 0 Å². The van der Waals surface area contributed by atoms with Crippen molar-refractivity contribution in [1.82, 2.24) is 5.32 Å². The number of carbonyl (C=O) groups is 1. The lowest BCUT2D eigenvalue weighted by Gasteiger charge is -2.39. The van der Waals surface area contributed by atoms with Crippen molar-refractivity contribution in [2.24, 2.45) is 5.41 Å². The normalized spacial score (nSPS) is 21.1. The van der Waals surface area contributed by atoms with E-state index >= 15 is 0 Å². The van der Waals surface area contributed by atoms with Crippen molar-refractivity contribution in [3.8, 4) is 5.75 Å². The molecule has 0 aromatic heterocycles. The van der Waals surface area contributed by atoms with Crippen molar-refractivity contribution >= 4 is 41.7 Å². The van der Waals surface area contributed by atoms with Gasteiger partial charge in [0.15, 0.2) is 0 Å². The highest BCUT2D eigenvalue weighted by Crippen LogP contribution is 2.44. The molecule has 0 aliphatic carbocycles. The minimum absolute atomic E-state index is 0. The molecule has 1 heterocycles. The fourth-order valence-corrected chi connectivity index (χ4v) is 2.60. The van der Waals surface area contributed by atoms with Crippen molar-refractivity contribution < 1.29 is 14.6 Å². The molecule has 1 aromatic carbocycles. The average Bonchev–Trinajstić information content (AvgIpc) is 2.22. The van der Waals surface area contributed by atoms with Crippen LogP contribution in [0.5, 0.6) is 5.75 Å². The Bertz CT molecular complexity index is 482. The topological polar surface area (TPSA) is 58.6 Å². The van der Waals surface area contributed by atoms with Gasteiger partial charge in [0.25, 0.3) is 0 Å². The van der Waals surface area contributed by atoms with E-state index in [4.69, 9.17) is 27.9 Å². The summed E-state index contributed by atoms with van der Waals surface area (Å²) in [6.45, 7) is 4.09. The Morgan fingerprint density at radius 3 is 2.63 bits per heavy atom. The smallest absolute Gasteiger partial charge is 0.407 e. The first-order valence-electron chi connectivity index (χ1n) is 5.42. The number of rotatable bonds is 1. The van der Waals surface area contributed by atoms with Gasteiger partial charge in [0, 0.05) is 16.0 Å². The molecule has 1 saturated heterocycles. The number of hydrogen-bond donors (Lipinski definition) is 2. The van der Waals surface area contributed by atoms with E-state index in [0.717, 1.165) is 0 Å². The summed E-state index contributed by atoms with van der Waals surface area (Å²) in [5, 5.41) is 13.3. The van der Waals surface area contributed by atoms with Crippen LogP contribution in [-0.4, -0.2) is 17.8 Å². The molecule has 1 aliphatic heterocycles. The van der Waals surface area contributed by atoms with Crippen LogP contribution < -0.4 is 5.32 Å². The van der Waals surface area contributed by atoms with Gasteiger partial charge in [-0.1, -0.05) is 37.0 Å². The second kappa shape index (κ2) is 5.65. The first-order valence-corrected chi connectivity index (χ1v) is 6.18. The average molecular weight is 327 g/mol. The van der Waals surface area contributed by atoms with Gasteiger partial charge in [-0.15, -0.1) is 12.4 Å². The highest BCUT2D eigenvalue weighted by Gasteiger charge is 2.40. The zero-order valence-corrected chi connectivity index (χ0v) is 12.7. The number of benzene rings is 1. The molecule has 1 atom stereocenters. The number of carbonyl (C=O) groups excluding carboxylic acids is 1. The lowest BCUT2D eigenvalue weighted by atomic mass is 9.80. The Morgan fingerprint density at radius 2 is 2.05 bits per heavy atom. The molecule has 7 heteroatoms. The van der Waals surface area contributed by atoms with E-state index in [1.807, 2.05) is 13.8 Å². The van der Waals surface area contributed by atoms with E-state index in [-0.39, 0.29) is 30.2 Å². The molecule has 1 aliphatic rings. The van der Waals surface area contributed by atoms with Crippen LogP contribution >= 0.6 is 35.6 Å². The molecule has 0 bridgehead atoms. The largest absolute Gasteiger partial charge is 0.507 e. The summed E-state index contributed by atoms with van der Waals surface area (Å²) in [5.41, 5.74) is 0.0748. The van der Waals surface area contributed by atoms with Crippen LogP contribution in [0.2, 0.25) is 10.0 Å². The first kappa shape index (κ1) is 16.2. The van der Waals surface area contributed by atoms with Gasteiger partial charge < -0.3 is 15.2 Å². The minimum atomic E-state index is -0.523. The van der Waals surface area contributed by atoms with Gasteiger partial charge in [0.05, 0.1) is 11.1 Å². The fourth-order valence-electron chi connectivity index (χ4n) is 2.01. The molecule has 1 amide bonds. The molecule has 2 N–H and O–H groups in total. The quantitative estimate of drug-likeness (QED) is 0.822. The molecule has 19 heavy (non-hydrogen) atoms. The second-order valence-electron chi connectivity index (χ2n) is 4.96. The van der Waals surface area contributed by atoms with Gasteiger partial charge in [-0.2, -0.15) is 0 Å². The number of hydrogen-bond acceptors (Lipinski definition) is 3. The van der Waals surface area contributed by atoms with E-state index in [0.29, 0.717) is 15.6 Å². The summed E-state index contributed by atoms with van der Waals surface area (Å²) in [6, 6.07) is 2.51. The van der Waals surface area contributed by atoms with Crippen molar-refractivity contribution in [2.75, 3.05) is 6.61 Å². The SMILES string of the molecule is CC1(C)COC(=O)N[C@H]1c1c(O)cc(Cl)cc1Cl.Cl. The Labute approximate surface area is 127 Å². The number of cyclic esters (lactones) is 1. The maximum Gasteiger partial charge on any atom is 0.407 e. The van der Waals surface area contributed by atoms with Crippen molar-refractivity contribution in [3.05, 3.63) is 27.7 Å². The minimum Gasteiger partial charge on any atom is -0.507 e. The zero-order valence-electron chi connectivity index (χ0n) is 10.4. The van der Waals surface area contributed by atoms with Crippen LogP contribution in [0.4, 0.5) is 4.79 Å². The monoisotopic (exact) mass is 325 g/mol. The van der Waals surface area contributed by atoms with Gasteiger partial charge in [0.1, 0.15) is 12.4 Å². The molecule has 1 aromatic rings. The summed E-state index contributed by atoms with van der Waals surface area (Å²) < 4.78 is 4.95. The number of nitrogens with one attached hydrogen (secondary N) is 1. The van der Waals surface area contributed by atoms with Gasteiger partial charge in [-0.3, -0.25) is 0 Å². The van der Waals surface area contributed by atoms with Crippen LogP contribution in [-0.2, 0) is 4.74 Å². The van der Waals surface area contributed by atoms with Crippen LogP contribution in [0, 0.1) is 5.41 Å². The number of amides is 1.